The van der Waals surface area contributed by atoms with Crippen molar-refractivity contribution < 1.29 is 0 Å². The van der Waals surface area contributed by atoms with Crippen LogP contribution in [-0.2, 0) is 0 Å². The first-order valence-corrected chi connectivity index (χ1v) is 8.79. The molecule has 0 N–H and O–H groups in total. The molecule has 0 amide bonds. The van der Waals surface area contributed by atoms with Gasteiger partial charge >= 0.3 is 0 Å². The third-order valence-electron chi connectivity index (χ3n) is 7.82. The van der Waals surface area contributed by atoms with Crippen molar-refractivity contribution in [1.29, 1.82) is 0 Å². The smallest absolute Gasteiger partial charge is 0.0143 e. The third kappa shape index (κ3) is 1.60. The minimum absolute atomic E-state index is 0.548. The summed E-state index contributed by atoms with van der Waals surface area (Å²) in [6, 6.07) is 0. The Kier molecular flexibility index (Phi) is 2.65. The molecule has 0 aromatic heterocycles. The normalized spacial score (nSPS) is 49.7. The fourth-order valence-corrected chi connectivity index (χ4v) is 6.69. The largest absolute Gasteiger partial charge is 0.0996 e. The molecule has 0 unspecified atom stereocenters. The predicted octanol–water partition coefficient (Wildman–Crippen LogP) is 5.75. The molecule has 4 aliphatic rings. The summed E-state index contributed by atoms with van der Waals surface area (Å²) in [4.78, 5) is 0. The molecule has 4 saturated carbocycles. The van der Waals surface area contributed by atoms with Crippen LogP contribution in [0, 0.1) is 34.5 Å². The summed E-state index contributed by atoms with van der Waals surface area (Å²) in [5, 5.41) is 0. The summed E-state index contributed by atoms with van der Waals surface area (Å²) in [6.07, 6.45) is 11.3. The Morgan fingerprint density at radius 2 is 1.80 bits per heavy atom. The highest BCUT2D eigenvalue weighted by molar-refractivity contribution is 5.26. The fraction of sp³-hybridized carbons (Fsp3) is 0.800. The third-order valence-corrected chi connectivity index (χ3v) is 7.82. The van der Waals surface area contributed by atoms with Gasteiger partial charge in [-0.3, -0.25) is 0 Å². The Bertz CT molecular complexity index is 468. The van der Waals surface area contributed by atoms with Gasteiger partial charge in [-0.05, 0) is 85.9 Å². The maximum Gasteiger partial charge on any atom is -0.0143 e. The first kappa shape index (κ1) is 13.2. The summed E-state index contributed by atoms with van der Waals surface area (Å²) in [5.74, 6) is 3.41. The lowest BCUT2D eigenvalue weighted by molar-refractivity contribution is 0.122. The number of hydrogen-bond acceptors (Lipinski definition) is 0. The Morgan fingerprint density at radius 3 is 2.60 bits per heavy atom. The summed E-state index contributed by atoms with van der Waals surface area (Å²) in [7, 11) is 0. The maximum absolute atomic E-state index is 4.67. The zero-order valence-electron chi connectivity index (χ0n) is 13.4. The minimum Gasteiger partial charge on any atom is -0.0996 e. The van der Waals surface area contributed by atoms with Gasteiger partial charge in [-0.15, -0.1) is 0 Å². The highest BCUT2D eigenvalue weighted by Crippen LogP contribution is 2.66. The van der Waals surface area contributed by atoms with Crippen molar-refractivity contribution in [2.45, 2.75) is 65.2 Å². The van der Waals surface area contributed by atoms with E-state index < -0.39 is 0 Å². The van der Waals surface area contributed by atoms with Crippen molar-refractivity contribution in [3.8, 4) is 0 Å². The molecular weight excluding hydrogens is 240 g/mol. The van der Waals surface area contributed by atoms with Gasteiger partial charge in [0, 0.05) is 0 Å². The molecule has 2 bridgehead atoms. The molecule has 0 aliphatic heterocycles. The molecule has 0 radical (unpaired) electrons. The monoisotopic (exact) mass is 270 g/mol. The number of fused-ring (bicyclic) bond motifs is 2. The van der Waals surface area contributed by atoms with Crippen LogP contribution in [0.2, 0.25) is 0 Å². The van der Waals surface area contributed by atoms with E-state index in [2.05, 4.69) is 27.0 Å². The van der Waals surface area contributed by atoms with E-state index in [0.717, 1.165) is 23.7 Å². The lowest BCUT2D eigenvalue weighted by atomic mass is 9.63. The lowest BCUT2D eigenvalue weighted by Gasteiger charge is -2.41. The van der Waals surface area contributed by atoms with E-state index in [1.165, 1.54) is 51.4 Å². The average Bonchev–Trinajstić information content (AvgIpc) is 2.77. The Balaban J connectivity index is 1.72. The fourth-order valence-electron chi connectivity index (χ4n) is 6.69. The predicted molar refractivity (Wildman–Crippen MR) is 85.4 cm³/mol. The molecule has 1 spiro atoms. The van der Waals surface area contributed by atoms with Crippen LogP contribution in [0.3, 0.4) is 0 Å². The van der Waals surface area contributed by atoms with Crippen LogP contribution in [0.25, 0.3) is 0 Å². The van der Waals surface area contributed by atoms with E-state index in [4.69, 9.17) is 0 Å². The van der Waals surface area contributed by atoms with Gasteiger partial charge in [0.25, 0.3) is 0 Å². The van der Waals surface area contributed by atoms with Crippen molar-refractivity contribution in [3.63, 3.8) is 0 Å². The quantitative estimate of drug-likeness (QED) is 0.491. The molecule has 4 fully saturated rings. The van der Waals surface area contributed by atoms with Crippen LogP contribution in [-0.4, -0.2) is 0 Å². The van der Waals surface area contributed by atoms with E-state index in [-0.39, 0.29) is 0 Å². The first-order valence-electron chi connectivity index (χ1n) is 8.79. The van der Waals surface area contributed by atoms with E-state index >= 15 is 0 Å². The first-order chi connectivity index (χ1) is 9.43. The van der Waals surface area contributed by atoms with Crippen molar-refractivity contribution in [2.75, 3.05) is 0 Å². The zero-order valence-corrected chi connectivity index (χ0v) is 13.4. The Hall–Kier alpha value is -0.520. The van der Waals surface area contributed by atoms with Crippen LogP contribution < -0.4 is 0 Å². The van der Waals surface area contributed by atoms with Gasteiger partial charge in [0.2, 0.25) is 0 Å². The molecule has 0 heterocycles. The summed E-state index contributed by atoms with van der Waals surface area (Å²) >= 11 is 0. The van der Waals surface area contributed by atoms with Gasteiger partial charge in [0.05, 0.1) is 0 Å². The molecule has 4 rings (SSSR count). The summed E-state index contributed by atoms with van der Waals surface area (Å²) in [5.41, 5.74) is 4.36. The maximum atomic E-state index is 4.67. The zero-order chi connectivity index (χ0) is 14.1. The molecule has 0 aromatic carbocycles. The van der Waals surface area contributed by atoms with E-state index in [1.807, 2.05) is 0 Å². The van der Waals surface area contributed by atoms with E-state index in [0.29, 0.717) is 10.8 Å². The average molecular weight is 270 g/mol. The van der Waals surface area contributed by atoms with Gasteiger partial charge in [0.15, 0.2) is 0 Å². The van der Waals surface area contributed by atoms with Crippen molar-refractivity contribution in [2.24, 2.45) is 34.5 Å². The highest BCUT2D eigenvalue weighted by atomic mass is 14.6. The SMILES string of the molecule is C=C1C[C@@]23CC[C@H]4[C@@H](CCC4(C)C)C(=C)[C@@H]2CC[C@@H]1C3. The Labute approximate surface area is 124 Å². The second-order valence-electron chi connectivity index (χ2n) is 9.08. The number of allylic oxidation sites excluding steroid dienone is 2. The minimum atomic E-state index is 0.548. The van der Waals surface area contributed by atoms with Crippen molar-refractivity contribution in [1.82, 2.24) is 0 Å². The number of hydrogen-bond donors (Lipinski definition) is 0. The second-order valence-corrected chi connectivity index (χ2v) is 9.08. The van der Waals surface area contributed by atoms with Crippen molar-refractivity contribution in [3.05, 3.63) is 24.3 Å². The standard InChI is InChI=1S/C20H30/c1-13-11-20-10-8-18-16(7-9-19(18,3)4)14(2)17(20)6-5-15(13)12-20/h15-18H,1-2,5-12H2,3-4H3/t15-,16+,17+,18+,20-/m1/s1. The lowest BCUT2D eigenvalue weighted by Crippen LogP contribution is -2.32. The molecular formula is C20H30. The van der Waals surface area contributed by atoms with Crippen LogP contribution in [0.15, 0.2) is 24.3 Å². The van der Waals surface area contributed by atoms with Gasteiger partial charge in [-0.2, -0.15) is 0 Å². The molecule has 0 nitrogen and oxygen atoms in total. The van der Waals surface area contributed by atoms with Gasteiger partial charge in [-0.25, -0.2) is 0 Å². The molecule has 0 aromatic rings. The van der Waals surface area contributed by atoms with Crippen LogP contribution in [0.4, 0.5) is 0 Å². The van der Waals surface area contributed by atoms with Gasteiger partial charge in [-0.1, -0.05) is 38.2 Å². The summed E-state index contributed by atoms with van der Waals surface area (Å²) in [6.45, 7) is 14.1. The topological polar surface area (TPSA) is 0 Å². The molecule has 0 saturated heterocycles. The molecule has 110 valence electrons. The van der Waals surface area contributed by atoms with Crippen LogP contribution >= 0.6 is 0 Å². The molecule has 0 heteroatoms. The molecule has 4 aliphatic carbocycles. The summed E-state index contributed by atoms with van der Waals surface area (Å²) < 4.78 is 0. The Morgan fingerprint density at radius 1 is 1.00 bits per heavy atom. The molecule has 5 atom stereocenters. The van der Waals surface area contributed by atoms with Crippen molar-refractivity contribution >= 4 is 0 Å². The molecule has 20 heavy (non-hydrogen) atoms. The number of rotatable bonds is 0. The van der Waals surface area contributed by atoms with Gasteiger partial charge < -0.3 is 0 Å². The van der Waals surface area contributed by atoms with Crippen LogP contribution in [0.1, 0.15) is 65.2 Å². The van der Waals surface area contributed by atoms with E-state index in [1.54, 1.807) is 11.1 Å². The van der Waals surface area contributed by atoms with Crippen LogP contribution in [0.5, 0.6) is 0 Å². The highest BCUT2D eigenvalue weighted by Gasteiger charge is 2.56. The second kappa shape index (κ2) is 4.02. The van der Waals surface area contributed by atoms with Gasteiger partial charge in [0.1, 0.15) is 0 Å². The van der Waals surface area contributed by atoms with E-state index in [9.17, 15) is 0 Å².